The van der Waals surface area contributed by atoms with Crippen molar-refractivity contribution in [2.75, 3.05) is 44.4 Å². The zero-order valence-corrected chi connectivity index (χ0v) is 20.4. The molecule has 182 valence electrons. The molecule has 1 aliphatic carbocycles. The van der Waals surface area contributed by atoms with E-state index in [0.717, 1.165) is 6.42 Å². The normalized spacial score (nSPS) is 21.5. The van der Waals surface area contributed by atoms with Gasteiger partial charge in [-0.3, -0.25) is 13.8 Å². The lowest BCUT2D eigenvalue weighted by Gasteiger charge is -2.30. The van der Waals surface area contributed by atoms with Gasteiger partial charge in [0.1, 0.15) is 6.04 Å². The summed E-state index contributed by atoms with van der Waals surface area (Å²) in [5.74, 6) is 0.514. The minimum absolute atomic E-state index is 0.0997. The minimum atomic E-state index is -1.25. The van der Waals surface area contributed by atoms with Gasteiger partial charge in [-0.25, -0.2) is 0 Å². The Balaban J connectivity index is 1.29. The van der Waals surface area contributed by atoms with Gasteiger partial charge in [0.15, 0.2) is 0 Å². The fourth-order valence-corrected chi connectivity index (χ4v) is 5.35. The summed E-state index contributed by atoms with van der Waals surface area (Å²) in [7, 11) is -1.25. The molecule has 2 fully saturated rings. The van der Waals surface area contributed by atoms with E-state index in [1.54, 1.807) is 29.2 Å². The summed E-state index contributed by atoms with van der Waals surface area (Å²) in [6.07, 6.45) is 1.08. The van der Waals surface area contributed by atoms with Crippen LogP contribution in [-0.2, 0) is 20.3 Å². The number of carbonyl (C=O) groups excluding carboxylic acids is 2. The number of nitrogens with one attached hydrogen (secondary N) is 2. The van der Waals surface area contributed by atoms with Gasteiger partial charge in [-0.2, -0.15) is 0 Å². The van der Waals surface area contributed by atoms with Gasteiger partial charge in [-0.15, -0.1) is 0 Å². The second kappa shape index (κ2) is 11.7. The summed E-state index contributed by atoms with van der Waals surface area (Å²) in [5.41, 5.74) is 3.07. The van der Waals surface area contributed by atoms with Crippen LogP contribution in [0.25, 0.3) is 0 Å². The summed E-state index contributed by atoms with van der Waals surface area (Å²) in [4.78, 5) is 27.5. The molecule has 1 saturated carbocycles. The molecule has 2 N–H and O–H groups in total. The molecule has 1 saturated heterocycles. The molecule has 2 aromatic carbocycles. The number of ether oxygens (including phenoxy) is 1. The molecule has 0 radical (unpaired) electrons. The molecule has 8 heteroatoms. The number of benzene rings is 2. The van der Waals surface area contributed by atoms with E-state index >= 15 is 0 Å². The molecule has 0 bridgehead atoms. The Labute approximate surface area is 203 Å². The van der Waals surface area contributed by atoms with E-state index in [4.69, 9.17) is 4.74 Å². The van der Waals surface area contributed by atoms with E-state index in [0.29, 0.717) is 56.1 Å². The van der Waals surface area contributed by atoms with Crippen molar-refractivity contribution in [1.82, 2.24) is 15.5 Å². The van der Waals surface area contributed by atoms with Crippen molar-refractivity contribution in [3.63, 3.8) is 0 Å². The molecule has 34 heavy (non-hydrogen) atoms. The average molecular weight is 484 g/mol. The Morgan fingerprint density at radius 3 is 2.50 bits per heavy atom. The number of hydrogen-bond donors (Lipinski definition) is 2. The summed E-state index contributed by atoms with van der Waals surface area (Å²) in [6.45, 7) is 4.61. The molecule has 1 heterocycles. The summed E-state index contributed by atoms with van der Waals surface area (Å²) in [6, 6.07) is 17.0. The standard InChI is InChI=1S/C26H33N3O4S/c1-19-7-9-20(10-8-19)22-17-23(22)27-11-16-34(32)18-24(26(31)29-12-14-33-15-13-29)28-25(30)21-5-3-2-4-6-21/h2-10,22-24,27H,11-18H2,1H3,(H,28,30)/t22-,23+,24-,34?/m0/s1. The monoisotopic (exact) mass is 483 g/mol. The molecule has 4 atom stereocenters. The van der Waals surface area contributed by atoms with Crippen LogP contribution in [0.4, 0.5) is 0 Å². The van der Waals surface area contributed by atoms with Crippen LogP contribution in [-0.4, -0.2) is 77.4 Å². The first-order valence-electron chi connectivity index (χ1n) is 11.9. The first kappa shape index (κ1) is 24.6. The third-order valence-corrected chi connectivity index (χ3v) is 7.71. The van der Waals surface area contributed by atoms with Crippen molar-refractivity contribution in [2.45, 2.75) is 31.3 Å². The fourth-order valence-electron chi connectivity index (χ4n) is 4.24. The van der Waals surface area contributed by atoms with Crippen LogP contribution in [0, 0.1) is 6.92 Å². The fraction of sp³-hybridized carbons (Fsp3) is 0.462. The van der Waals surface area contributed by atoms with Crippen molar-refractivity contribution in [2.24, 2.45) is 0 Å². The zero-order valence-electron chi connectivity index (χ0n) is 19.6. The summed E-state index contributed by atoms with van der Waals surface area (Å²) in [5, 5.41) is 6.31. The predicted molar refractivity (Wildman–Crippen MR) is 133 cm³/mol. The SMILES string of the molecule is Cc1ccc([C@@H]2C[C@H]2NCCS(=O)C[C@H](NC(=O)c2ccccc2)C(=O)N2CCOCC2)cc1. The van der Waals surface area contributed by atoms with Crippen molar-refractivity contribution in [1.29, 1.82) is 0 Å². The van der Waals surface area contributed by atoms with Crippen LogP contribution in [0.3, 0.4) is 0 Å². The van der Waals surface area contributed by atoms with Crippen LogP contribution < -0.4 is 10.6 Å². The zero-order chi connectivity index (χ0) is 23.9. The van der Waals surface area contributed by atoms with Gasteiger partial charge in [0, 0.05) is 53.7 Å². The van der Waals surface area contributed by atoms with Crippen molar-refractivity contribution >= 4 is 22.6 Å². The van der Waals surface area contributed by atoms with Gasteiger partial charge < -0.3 is 20.3 Å². The van der Waals surface area contributed by atoms with Crippen molar-refractivity contribution < 1.29 is 18.5 Å². The lowest BCUT2D eigenvalue weighted by molar-refractivity contribution is -0.136. The molecular weight excluding hydrogens is 450 g/mol. The average Bonchev–Trinajstić information content (AvgIpc) is 3.64. The van der Waals surface area contributed by atoms with E-state index in [-0.39, 0.29) is 17.6 Å². The molecule has 7 nitrogen and oxygen atoms in total. The molecule has 1 aliphatic heterocycles. The van der Waals surface area contributed by atoms with Gasteiger partial charge in [0.05, 0.1) is 19.0 Å². The second-order valence-corrected chi connectivity index (χ2v) is 10.6. The number of rotatable bonds is 10. The van der Waals surface area contributed by atoms with Crippen molar-refractivity contribution in [3.05, 3.63) is 71.3 Å². The van der Waals surface area contributed by atoms with Crippen LogP contribution in [0.15, 0.2) is 54.6 Å². The van der Waals surface area contributed by atoms with Gasteiger partial charge in [-0.05, 0) is 31.0 Å². The Hall–Kier alpha value is -2.55. The van der Waals surface area contributed by atoms with Gasteiger partial charge in [0.25, 0.3) is 5.91 Å². The van der Waals surface area contributed by atoms with E-state index in [1.165, 1.54) is 11.1 Å². The Bertz CT molecular complexity index is 993. The molecule has 0 spiro atoms. The van der Waals surface area contributed by atoms with Crippen LogP contribution in [0.5, 0.6) is 0 Å². The Kier molecular flexibility index (Phi) is 8.48. The number of carbonyl (C=O) groups is 2. The lowest BCUT2D eigenvalue weighted by atomic mass is 10.1. The molecule has 2 aliphatic rings. The first-order valence-corrected chi connectivity index (χ1v) is 13.4. The van der Waals surface area contributed by atoms with Crippen LogP contribution in [0.2, 0.25) is 0 Å². The molecule has 2 aromatic rings. The van der Waals surface area contributed by atoms with Gasteiger partial charge >= 0.3 is 0 Å². The topological polar surface area (TPSA) is 87.7 Å². The summed E-state index contributed by atoms with van der Waals surface area (Å²) < 4.78 is 18.2. The van der Waals surface area contributed by atoms with Crippen molar-refractivity contribution in [3.8, 4) is 0 Å². The van der Waals surface area contributed by atoms with E-state index < -0.39 is 16.8 Å². The van der Waals surface area contributed by atoms with E-state index in [9.17, 15) is 13.8 Å². The maximum atomic E-state index is 13.1. The number of morpholine rings is 1. The molecule has 2 amide bonds. The quantitative estimate of drug-likeness (QED) is 0.539. The third-order valence-electron chi connectivity index (χ3n) is 6.35. The number of hydrogen-bond acceptors (Lipinski definition) is 5. The highest BCUT2D eigenvalue weighted by Crippen LogP contribution is 2.40. The first-order chi connectivity index (χ1) is 16.5. The number of nitrogens with zero attached hydrogens (tertiary/aromatic N) is 1. The minimum Gasteiger partial charge on any atom is -0.378 e. The highest BCUT2D eigenvalue weighted by atomic mass is 32.2. The molecule has 0 aromatic heterocycles. The Morgan fingerprint density at radius 1 is 1.09 bits per heavy atom. The van der Waals surface area contributed by atoms with E-state index in [1.807, 2.05) is 6.07 Å². The lowest BCUT2D eigenvalue weighted by Crippen LogP contribution is -2.54. The van der Waals surface area contributed by atoms with Gasteiger partial charge in [0.2, 0.25) is 5.91 Å². The molecule has 4 rings (SSSR count). The largest absolute Gasteiger partial charge is 0.378 e. The maximum Gasteiger partial charge on any atom is 0.251 e. The number of aryl methyl sites for hydroxylation is 1. The highest BCUT2D eigenvalue weighted by molar-refractivity contribution is 7.85. The van der Waals surface area contributed by atoms with Crippen LogP contribution in [0.1, 0.15) is 33.8 Å². The molecule has 1 unspecified atom stereocenters. The number of amides is 2. The highest BCUT2D eigenvalue weighted by Gasteiger charge is 2.37. The Morgan fingerprint density at radius 2 is 1.79 bits per heavy atom. The summed E-state index contributed by atoms with van der Waals surface area (Å²) >= 11 is 0. The second-order valence-electron chi connectivity index (χ2n) is 8.95. The van der Waals surface area contributed by atoms with E-state index in [2.05, 4.69) is 41.8 Å². The maximum absolute atomic E-state index is 13.1. The smallest absolute Gasteiger partial charge is 0.251 e. The van der Waals surface area contributed by atoms with Gasteiger partial charge in [-0.1, -0.05) is 48.0 Å². The molecular formula is C26H33N3O4S. The van der Waals surface area contributed by atoms with Crippen LogP contribution >= 0.6 is 0 Å². The third kappa shape index (κ3) is 6.74. The predicted octanol–water partition coefficient (Wildman–Crippen LogP) is 1.85.